The fraction of sp³-hybridized carbons (Fsp3) is 0.304. The maximum absolute atomic E-state index is 12.5. The zero-order valence-corrected chi connectivity index (χ0v) is 19.2. The number of sulfonamides is 1. The molecular formula is C23H26ClN3O3S. The van der Waals surface area contributed by atoms with E-state index in [2.05, 4.69) is 22.7 Å². The molecule has 1 N–H and O–H groups in total. The van der Waals surface area contributed by atoms with Crippen LogP contribution in [-0.2, 0) is 23.0 Å². The average molecular weight is 460 g/mol. The first-order valence-electron chi connectivity index (χ1n) is 10.2. The molecule has 0 atom stereocenters. The second-order valence-corrected chi connectivity index (χ2v) is 9.52. The molecule has 1 aromatic heterocycles. The number of aromatic nitrogens is 2. The Labute approximate surface area is 188 Å². The van der Waals surface area contributed by atoms with Gasteiger partial charge in [-0.05, 0) is 49.1 Å². The Bertz CT molecular complexity index is 1160. The van der Waals surface area contributed by atoms with Crippen molar-refractivity contribution in [1.82, 2.24) is 14.3 Å². The topological polar surface area (TPSA) is 81.1 Å². The van der Waals surface area contributed by atoms with Crippen LogP contribution in [0.2, 0.25) is 5.02 Å². The van der Waals surface area contributed by atoms with E-state index < -0.39 is 15.9 Å². The summed E-state index contributed by atoms with van der Waals surface area (Å²) in [4.78, 5) is 16.7. The molecular weight excluding hydrogens is 434 g/mol. The van der Waals surface area contributed by atoms with E-state index in [1.165, 1.54) is 36.7 Å². The molecule has 0 unspecified atom stereocenters. The Kier molecular flexibility index (Phi) is 7.51. The number of carbonyl (C=O) groups excluding carboxylic acids is 1. The second-order valence-electron chi connectivity index (χ2n) is 7.43. The Morgan fingerprint density at radius 3 is 2.55 bits per heavy atom. The van der Waals surface area contributed by atoms with Gasteiger partial charge in [0.05, 0.1) is 11.4 Å². The van der Waals surface area contributed by atoms with Gasteiger partial charge < -0.3 is 4.57 Å². The van der Waals surface area contributed by atoms with Crippen LogP contribution in [0.3, 0.4) is 0 Å². The zero-order valence-electron chi connectivity index (χ0n) is 17.6. The lowest BCUT2D eigenvalue weighted by Crippen LogP contribution is -2.30. The van der Waals surface area contributed by atoms with Crippen LogP contribution in [0.15, 0.2) is 59.6 Å². The zero-order chi connectivity index (χ0) is 22.4. The van der Waals surface area contributed by atoms with Gasteiger partial charge in [0.1, 0.15) is 11.5 Å². The van der Waals surface area contributed by atoms with Crippen molar-refractivity contribution in [2.75, 3.05) is 0 Å². The van der Waals surface area contributed by atoms with Crippen LogP contribution in [-0.4, -0.2) is 23.9 Å². The highest BCUT2D eigenvalue weighted by atomic mass is 35.5. The third-order valence-electron chi connectivity index (χ3n) is 5.02. The Morgan fingerprint density at radius 2 is 1.87 bits per heavy atom. The summed E-state index contributed by atoms with van der Waals surface area (Å²) in [7, 11) is -3.96. The van der Waals surface area contributed by atoms with E-state index >= 15 is 0 Å². The minimum atomic E-state index is -3.96. The summed E-state index contributed by atoms with van der Waals surface area (Å²) in [6.07, 6.45) is 6.04. The molecule has 6 nitrogen and oxygen atoms in total. The lowest BCUT2D eigenvalue weighted by Gasteiger charge is -2.09. The number of imidazole rings is 1. The number of aryl methyl sites for hydroxylation is 2. The molecule has 0 saturated carbocycles. The van der Waals surface area contributed by atoms with Gasteiger partial charge in [-0.25, -0.2) is 18.1 Å². The maximum atomic E-state index is 12.5. The summed E-state index contributed by atoms with van der Waals surface area (Å²) in [6, 6.07) is 13.8. The van der Waals surface area contributed by atoms with Crippen LogP contribution >= 0.6 is 11.6 Å². The highest BCUT2D eigenvalue weighted by Gasteiger charge is 2.21. The number of amides is 1. The third kappa shape index (κ3) is 5.95. The number of halogens is 1. The fourth-order valence-electron chi connectivity index (χ4n) is 3.25. The normalized spacial score (nSPS) is 11.5. The summed E-state index contributed by atoms with van der Waals surface area (Å²) >= 11 is 6.48. The van der Waals surface area contributed by atoms with E-state index in [0.717, 1.165) is 18.4 Å². The number of nitrogens with one attached hydrogen (secondary N) is 1. The van der Waals surface area contributed by atoms with Gasteiger partial charge in [-0.1, -0.05) is 61.7 Å². The molecule has 0 spiro atoms. The molecule has 1 amide bonds. The summed E-state index contributed by atoms with van der Waals surface area (Å²) < 4.78 is 28.6. The lowest BCUT2D eigenvalue weighted by atomic mass is 10.1. The molecule has 164 valence electrons. The minimum Gasteiger partial charge on any atom is -0.330 e. The Hall–Kier alpha value is -2.64. The van der Waals surface area contributed by atoms with Gasteiger partial charge in [0.15, 0.2) is 0 Å². The summed E-state index contributed by atoms with van der Waals surface area (Å²) in [5.41, 5.74) is 2.14. The average Bonchev–Trinajstić information content (AvgIpc) is 3.11. The first-order chi connectivity index (χ1) is 14.8. The molecule has 0 aliphatic rings. The van der Waals surface area contributed by atoms with Crippen molar-refractivity contribution in [1.29, 1.82) is 0 Å². The quantitative estimate of drug-likeness (QED) is 0.468. The second kappa shape index (κ2) is 10.1. The molecule has 31 heavy (non-hydrogen) atoms. The van der Waals surface area contributed by atoms with E-state index in [1.807, 2.05) is 12.1 Å². The van der Waals surface area contributed by atoms with Crippen molar-refractivity contribution in [3.63, 3.8) is 0 Å². The van der Waals surface area contributed by atoms with Gasteiger partial charge in [-0.3, -0.25) is 4.79 Å². The van der Waals surface area contributed by atoms with Crippen LogP contribution in [0.1, 0.15) is 53.6 Å². The molecule has 0 fully saturated rings. The predicted molar refractivity (Wildman–Crippen MR) is 122 cm³/mol. The summed E-state index contributed by atoms with van der Waals surface area (Å²) in [5, 5.41) is 0.666. The molecule has 0 bridgehead atoms. The van der Waals surface area contributed by atoms with Crippen LogP contribution in [0, 0.1) is 6.92 Å². The first kappa shape index (κ1) is 23.0. The summed E-state index contributed by atoms with van der Waals surface area (Å²) in [6.45, 7) is 4.37. The van der Waals surface area contributed by atoms with Crippen LogP contribution in [0.25, 0.3) is 0 Å². The molecule has 0 saturated heterocycles. The van der Waals surface area contributed by atoms with Crippen LogP contribution < -0.4 is 4.72 Å². The Balaban J connectivity index is 1.72. The van der Waals surface area contributed by atoms with Crippen molar-refractivity contribution in [3.05, 3.63) is 82.4 Å². The van der Waals surface area contributed by atoms with E-state index in [1.54, 1.807) is 29.7 Å². The van der Waals surface area contributed by atoms with Crippen molar-refractivity contribution >= 4 is 27.5 Å². The Morgan fingerprint density at radius 1 is 1.13 bits per heavy atom. The number of unbranched alkanes of at least 4 members (excludes halogenated alkanes) is 2. The third-order valence-corrected chi connectivity index (χ3v) is 6.72. The SMILES string of the molecule is CCCCCc1ccc(Cn2cc(C(=O)NS(=O)(=O)c3ccccc3)nc2C)c(Cl)c1. The molecule has 2 aromatic carbocycles. The van der Waals surface area contributed by atoms with Gasteiger partial charge in [-0.2, -0.15) is 0 Å². The number of rotatable bonds is 9. The first-order valence-corrected chi connectivity index (χ1v) is 12.1. The molecule has 3 aromatic rings. The highest BCUT2D eigenvalue weighted by molar-refractivity contribution is 7.90. The number of hydrogen-bond donors (Lipinski definition) is 1. The van der Waals surface area contributed by atoms with Gasteiger partial charge in [0.25, 0.3) is 15.9 Å². The number of carbonyl (C=O) groups is 1. The number of hydrogen-bond acceptors (Lipinski definition) is 4. The lowest BCUT2D eigenvalue weighted by molar-refractivity contribution is 0.0977. The van der Waals surface area contributed by atoms with Gasteiger partial charge in [-0.15, -0.1) is 0 Å². The van der Waals surface area contributed by atoms with Crippen molar-refractivity contribution in [2.24, 2.45) is 0 Å². The molecule has 0 radical (unpaired) electrons. The van der Waals surface area contributed by atoms with Crippen LogP contribution in [0.4, 0.5) is 0 Å². The van der Waals surface area contributed by atoms with Crippen LogP contribution in [0.5, 0.6) is 0 Å². The minimum absolute atomic E-state index is 0.0188. The van der Waals surface area contributed by atoms with E-state index in [0.29, 0.717) is 17.4 Å². The van der Waals surface area contributed by atoms with Crippen molar-refractivity contribution in [2.45, 2.75) is 51.0 Å². The van der Waals surface area contributed by atoms with E-state index in [9.17, 15) is 13.2 Å². The molecule has 3 rings (SSSR count). The monoisotopic (exact) mass is 459 g/mol. The number of benzene rings is 2. The molecule has 8 heteroatoms. The smallest absolute Gasteiger partial charge is 0.285 e. The fourth-order valence-corrected chi connectivity index (χ4v) is 4.49. The van der Waals surface area contributed by atoms with Crippen molar-refractivity contribution < 1.29 is 13.2 Å². The molecule has 0 aliphatic heterocycles. The standard InChI is InChI=1S/C23H26ClN3O3S/c1-3-4-6-9-18-12-13-19(21(24)14-18)15-27-16-22(25-17(27)2)23(28)26-31(29,30)20-10-7-5-8-11-20/h5,7-8,10-14,16H,3-4,6,9,15H2,1-2H3,(H,26,28). The molecule has 1 heterocycles. The van der Waals surface area contributed by atoms with Gasteiger partial charge in [0, 0.05) is 11.2 Å². The highest BCUT2D eigenvalue weighted by Crippen LogP contribution is 2.21. The van der Waals surface area contributed by atoms with Gasteiger partial charge in [0.2, 0.25) is 0 Å². The number of nitrogens with zero attached hydrogens (tertiary/aromatic N) is 2. The largest absolute Gasteiger partial charge is 0.330 e. The maximum Gasteiger partial charge on any atom is 0.285 e. The van der Waals surface area contributed by atoms with Crippen molar-refractivity contribution in [3.8, 4) is 0 Å². The van der Waals surface area contributed by atoms with E-state index in [-0.39, 0.29) is 10.6 Å². The predicted octanol–water partition coefficient (Wildman–Crippen LogP) is 4.74. The van der Waals surface area contributed by atoms with E-state index in [4.69, 9.17) is 11.6 Å². The summed E-state index contributed by atoms with van der Waals surface area (Å²) in [5.74, 6) is -0.187. The van der Waals surface area contributed by atoms with Gasteiger partial charge >= 0.3 is 0 Å². The molecule has 0 aliphatic carbocycles.